The summed E-state index contributed by atoms with van der Waals surface area (Å²) >= 11 is 0. The first-order valence-corrected chi connectivity index (χ1v) is 13.9. The smallest absolute Gasteiger partial charge is 0.255 e. The first kappa shape index (κ1) is 28.3. The van der Waals surface area contributed by atoms with Crippen LogP contribution < -0.4 is 32.2 Å². The predicted molar refractivity (Wildman–Crippen MR) is 155 cm³/mol. The van der Waals surface area contributed by atoms with Crippen LogP contribution in [0.15, 0.2) is 52.4 Å². The summed E-state index contributed by atoms with van der Waals surface area (Å²) in [5, 5.41) is 41.2. The van der Waals surface area contributed by atoms with Gasteiger partial charge in [0.25, 0.3) is 11.8 Å². The highest BCUT2D eigenvalue weighted by atomic mass is 16.5. The number of amides is 2. The van der Waals surface area contributed by atoms with Gasteiger partial charge in [-0.25, -0.2) is 9.98 Å². The van der Waals surface area contributed by atoms with Crippen molar-refractivity contribution in [3.05, 3.63) is 64.7 Å². The molecule has 1 spiro atoms. The van der Waals surface area contributed by atoms with Gasteiger partial charge in [0.05, 0.1) is 35.4 Å². The Balaban J connectivity index is 1.27. The van der Waals surface area contributed by atoms with E-state index in [1.54, 1.807) is 24.3 Å². The maximum atomic E-state index is 13.6. The van der Waals surface area contributed by atoms with Gasteiger partial charge in [0, 0.05) is 18.7 Å². The van der Waals surface area contributed by atoms with Crippen LogP contribution in [0.4, 0.5) is 0 Å². The summed E-state index contributed by atoms with van der Waals surface area (Å²) < 4.78 is 5.89. The van der Waals surface area contributed by atoms with Crippen molar-refractivity contribution in [1.82, 2.24) is 20.9 Å². The number of nitriles is 1. The predicted octanol–water partition coefficient (Wildman–Crippen LogP) is -1.18. The van der Waals surface area contributed by atoms with Crippen LogP contribution in [-0.4, -0.2) is 88.1 Å². The van der Waals surface area contributed by atoms with Gasteiger partial charge in [-0.05, 0) is 30.0 Å². The second-order valence-corrected chi connectivity index (χ2v) is 11.8. The van der Waals surface area contributed by atoms with E-state index in [1.807, 2.05) is 12.1 Å². The van der Waals surface area contributed by atoms with Gasteiger partial charge in [0.2, 0.25) is 5.79 Å². The lowest BCUT2D eigenvalue weighted by Gasteiger charge is -2.49. The lowest BCUT2D eigenvalue weighted by atomic mass is 9.79. The zero-order valence-corrected chi connectivity index (χ0v) is 23.7. The number of nitrogens with zero attached hydrogens (tertiary/aromatic N) is 4. The molecule has 4 atom stereocenters. The number of carbonyl (C=O) groups excluding carboxylic acids is 2. The summed E-state index contributed by atoms with van der Waals surface area (Å²) in [6, 6.07) is 10.5. The second kappa shape index (κ2) is 9.85. The number of ether oxygens (including phenoxy) is 1. The van der Waals surface area contributed by atoms with E-state index in [4.69, 9.17) is 16.2 Å². The highest BCUT2D eigenvalue weighted by molar-refractivity contribution is 5.98. The number of benzene rings is 2. The Morgan fingerprint density at radius 2 is 1.88 bits per heavy atom. The van der Waals surface area contributed by atoms with Crippen LogP contribution >= 0.6 is 0 Å². The minimum atomic E-state index is -2.65. The summed E-state index contributed by atoms with van der Waals surface area (Å²) in [5.74, 6) is -3.40. The molecule has 0 aromatic heterocycles. The topological polar surface area (TPSA) is 224 Å². The standard InChI is InChI=1S/C29H33N9O5/c1-27(2)10-11-43-21-17(8-5-9-18(21)27)24(40)35-20-14-38-26(32)34-19(22-28(38,29(20,41)42)37-25(31)36-22)13-33-23(39)16-7-4-3-6-15(16)12-30/h3-9,19-20,22,41-42H,10-11,13-14H2,1-2H3,(H2,32,34)(H,33,39)(H,35,40)(H3,31,36,37)/t19-,20?,22?,28?/m0/s1. The number of hydrogen-bond acceptors (Lipinski definition) is 12. The molecule has 14 heteroatoms. The van der Waals surface area contributed by atoms with Crippen LogP contribution in [0.1, 0.15) is 52.1 Å². The molecule has 1 fully saturated rings. The summed E-state index contributed by atoms with van der Waals surface area (Å²) in [4.78, 5) is 36.9. The van der Waals surface area contributed by atoms with Gasteiger partial charge in [0.15, 0.2) is 17.6 Å². The number of hydrogen-bond donors (Lipinski definition) is 7. The van der Waals surface area contributed by atoms with Gasteiger partial charge in [-0.1, -0.05) is 38.1 Å². The normalized spacial score (nSPS) is 27.6. The Bertz CT molecular complexity index is 1610. The maximum Gasteiger partial charge on any atom is 0.255 e. The number of para-hydroxylation sites is 1. The number of rotatable bonds is 5. The van der Waals surface area contributed by atoms with E-state index in [1.165, 1.54) is 17.0 Å². The number of fused-ring (bicyclic) bond motifs is 1. The molecule has 0 radical (unpaired) electrons. The van der Waals surface area contributed by atoms with E-state index in [0.717, 1.165) is 12.0 Å². The Morgan fingerprint density at radius 1 is 1.14 bits per heavy atom. The molecular formula is C29H33N9O5. The molecule has 14 nitrogen and oxygen atoms in total. The average molecular weight is 588 g/mol. The molecule has 2 amide bonds. The second-order valence-electron chi connectivity index (χ2n) is 11.8. The van der Waals surface area contributed by atoms with E-state index in [2.05, 4.69) is 39.8 Å². The zero-order valence-electron chi connectivity index (χ0n) is 23.7. The van der Waals surface area contributed by atoms with Gasteiger partial charge >= 0.3 is 0 Å². The molecule has 4 aliphatic rings. The Morgan fingerprint density at radius 3 is 2.65 bits per heavy atom. The summed E-state index contributed by atoms with van der Waals surface area (Å²) in [5.41, 5.74) is 12.0. The fraction of sp³-hybridized carbons (Fsp3) is 0.414. The average Bonchev–Trinajstić information content (AvgIpc) is 3.44. The third-order valence-corrected chi connectivity index (χ3v) is 8.83. The van der Waals surface area contributed by atoms with Crippen LogP contribution in [-0.2, 0) is 5.41 Å². The highest BCUT2D eigenvalue weighted by Crippen LogP contribution is 2.45. The first-order chi connectivity index (χ1) is 20.4. The van der Waals surface area contributed by atoms with Crippen LogP contribution in [0, 0.1) is 11.3 Å². The number of guanidine groups is 2. The maximum absolute atomic E-state index is 13.6. The molecular weight excluding hydrogens is 554 g/mol. The molecule has 1 saturated heterocycles. The van der Waals surface area contributed by atoms with Gasteiger partial charge in [-0.15, -0.1) is 0 Å². The Labute approximate surface area is 247 Å². The van der Waals surface area contributed by atoms with Crippen LogP contribution in [0.3, 0.4) is 0 Å². The summed E-state index contributed by atoms with van der Waals surface area (Å²) in [6.07, 6.45) is 0.793. The van der Waals surface area contributed by atoms with Crippen molar-refractivity contribution in [3.63, 3.8) is 0 Å². The Kier molecular flexibility index (Phi) is 6.48. The van der Waals surface area contributed by atoms with Crippen molar-refractivity contribution >= 4 is 23.7 Å². The minimum Gasteiger partial charge on any atom is -0.492 e. The molecule has 9 N–H and O–H groups in total. The molecule has 2 aromatic rings. The Hall–Kier alpha value is -4.87. The van der Waals surface area contributed by atoms with Crippen LogP contribution in [0.5, 0.6) is 5.75 Å². The van der Waals surface area contributed by atoms with Crippen molar-refractivity contribution < 1.29 is 24.5 Å². The largest absolute Gasteiger partial charge is 0.492 e. The lowest BCUT2D eigenvalue weighted by Crippen LogP contribution is -2.78. The summed E-state index contributed by atoms with van der Waals surface area (Å²) in [6.45, 7) is 4.38. The SMILES string of the molecule is CC1(C)CCOc2c(C(=O)NC3CN4C(N)=N[C@@H](CNC(=O)c5ccccc5C#N)C5N=C(N)NC54C3(O)O)cccc21. The summed E-state index contributed by atoms with van der Waals surface area (Å²) in [7, 11) is 0. The van der Waals surface area contributed by atoms with Crippen molar-refractivity contribution in [2.24, 2.45) is 21.5 Å². The van der Waals surface area contributed by atoms with E-state index in [9.17, 15) is 25.1 Å². The van der Waals surface area contributed by atoms with Crippen molar-refractivity contribution in [3.8, 4) is 11.8 Å². The molecule has 4 heterocycles. The third-order valence-electron chi connectivity index (χ3n) is 8.83. The molecule has 2 aromatic carbocycles. The number of nitrogens with one attached hydrogen (secondary N) is 3. The molecule has 0 saturated carbocycles. The van der Waals surface area contributed by atoms with Crippen molar-refractivity contribution in [2.75, 3.05) is 19.7 Å². The monoisotopic (exact) mass is 587 g/mol. The molecule has 224 valence electrons. The molecule has 0 aliphatic carbocycles. The number of aliphatic imine (C=N–C) groups is 2. The van der Waals surface area contributed by atoms with Gasteiger partial charge in [-0.2, -0.15) is 5.26 Å². The van der Waals surface area contributed by atoms with Gasteiger partial charge < -0.3 is 47.3 Å². The van der Waals surface area contributed by atoms with Crippen LogP contribution in [0.25, 0.3) is 0 Å². The fourth-order valence-corrected chi connectivity index (χ4v) is 6.51. The molecule has 0 bridgehead atoms. The van der Waals surface area contributed by atoms with E-state index in [0.29, 0.717) is 12.4 Å². The minimum absolute atomic E-state index is 0.0586. The van der Waals surface area contributed by atoms with E-state index >= 15 is 0 Å². The zero-order chi connectivity index (χ0) is 30.7. The molecule has 3 unspecified atom stereocenters. The lowest BCUT2D eigenvalue weighted by molar-refractivity contribution is -0.230. The molecule has 43 heavy (non-hydrogen) atoms. The highest BCUT2D eigenvalue weighted by Gasteiger charge is 2.73. The molecule has 6 rings (SSSR count). The quantitative estimate of drug-likeness (QED) is 0.207. The number of aliphatic hydroxyl groups is 2. The van der Waals surface area contributed by atoms with Gasteiger partial charge in [-0.3, -0.25) is 9.59 Å². The number of carbonyl (C=O) groups is 2. The van der Waals surface area contributed by atoms with Crippen molar-refractivity contribution in [1.29, 1.82) is 5.26 Å². The van der Waals surface area contributed by atoms with Gasteiger partial charge in [0.1, 0.15) is 17.8 Å². The fourth-order valence-electron chi connectivity index (χ4n) is 6.51. The van der Waals surface area contributed by atoms with E-state index < -0.39 is 41.4 Å². The van der Waals surface area contributed by atoms with Crippen LogP contribution in [0.2, 0.25) is 0 Å². The van der Waals surface area contributed by atoms with Crippen molar-refractivity contribution in [2.45, 2.75) is 55.3 Å². The van der Waals surface area contributed by atoms with E-state index in [-0.39, 0.29) is 47.1 Å². The third kappa shape index (κ3) is 4.23. The molecule has 4 aliphatic heterocycles. The first-order valence-electron chi connectivity index (χ1n) is 13.9. The number of nitrogens with two attached hydrogens (primary N) is 2.